The zero-order valence-corrected chi connectivity index (χ0v) is 16.4. The van der Waals surface area contributed by atoms with Gasteiger partial charge in [-0.1, -0.05) is 23.4 Å². The van der Waals surface area contributed by atoms with Crippen LogP contribution in [0, 0.1) is 13.8 Å². The van der Waals surface area contributed by atoms with E-state index in [-0.39, 0.29) is 12.4 Å². The van der Waals surface area contributed by atoms with Crippen LogP contribution in [-0.2, 0) is 6.42 Å². The molecule has 2 heterocycles. The first-order chi connectivity index (χ1) is 12.1. The normalized spacial score (nSPS) is 12.3. The Morgan fingerprint density at radius 3 is 2.62 bits per heavy atom. The molecular weight excluding hydrogens is 348 g/mol. The van der Waals surface area contributed by atoms with Crippen LogP contribution < -0.4 is 5.32 Å². The van der Waals surface area contributed by atoms with Crippen LogP contribution in [0.2, 0.25) is 0 Å². The minimum Gasteiger partial charge on any atom is -0.335 e. The van der Waals surface area contributed by atoms with Crippen molar-refractivity contribution in [3.8, 4) is 5.69 Å². The number of para-hydroxylation sites is 1. The molecule has 0 spiro atoms. The van der Waals surface area contributed by atoms with Gasteiger partial charge in [0, 0.05) is 35.6 Å². The van der Waals surface area contributed by atoms with E-state index in [2.05, 4.69) is 71.1 Å². The molecule has 0 aliphatic rings. The number of nitrogens with one attached hydrogen (secondary N) is 1. The van der Waals surface area contributed by atoms with Gasteiger partial charge in [0.2, 0.25) is 0 Å². The number of aryl methyl sites for hydroxylation is 1. The molecule has 1 atom stereocenters. The van der Waals surface area contributed by atoms with E-state index in [1.165, 1.54) is 17.1 Å². The van der Waals surface area contributed by atoms with Gasteiger partial charge < -0.3 is 14.4 Å². The van der Waals surface area contributed by atoms with E-state index in [0.29, 0.717) is 11.9 Å². The lowest BCUT2D eigenvalue weighted by molar-refractivity contribution is 0.400. The van der Waals surface area contributed by atoms with Crippen molar-refractivity contribution in [2.24, 2.45) is 0 Å². The highest BCUT2D eigenvalue weighted by Gasteiger charge is 2.10. The molecule has 138 valence electrons. The molecule has 0 aliphatic heterocycles. The van der Waals surface area contributed by atoms with Crippen molar-refractivity contribution in [3.63, 3.8) is 0 Å². The van der Waals surface area contributed by atoms with Crippen molar-refractivity contribution >= 4 is 24.6 Å². The summed E-state index contributed by atoms with van der Waals surface area (Å²) in [5.74, 6) is 1.25. The molecule has 0 saturated heterocycles. The number of benzene rings is 1. The minimum atomic E-state index is 0. The lowest BCUT2D eigenvalue weighted by atomic mass is 10.2. The highest BCUT2D eigenvalue weighted by molar-refractivity contribution is 5.85. The number of hydrogen-bond acceptors (Lipinski definition) is 4. The zero-order valence-electron chi connectivity index (χ0n) is 15.6. The maximum absolute atomic E-state index is 5.31. The first-order valence-electron chi connectivity index (χ1n) is 8.50. The minimum absolute atomic E-state index is 0. The molecule has 1 aromatic carbocycles. The summed E-state index contributed by atoms with van der Waals surface area (Å²) in [4.78, 5) is 4.42. The van der Waals surface area contributed by atoms with Crippen LogP contribution in [0.1, 0.15) is 35.6 Å². The quantitative estimate of drug-likeness (QED) is 0.703. The number of hydrogen-bond donors (Lipinski definition) is 1. The molecule has 0 bridgehead atoms. The van der Waals surface area contributed by atoms with Crippen molar-refractivity contribution < 1.29 is 4.52 Å². The molecule has 0 amide bonds. The summed E-state index contributed by atoms with van der Waals surface area (Å²) in [5, 5.41) is 7.20. The number of nitrogens with zero attached hydrogens (tertiary/aromatic N) is 3. The molecule has 0 fully saturated rings. The Balaban J connectivity index is 0.00000243. The summed E-state index contributed by atoms with van der Waals surface area (Å²) in [6.45, 7) is 6.32. The number of aromatic nitrogens is 3. The smallest absolute Gasteiger partial charge is 0.250 e. The van der Waals surface area contributed by atoms with Crippen LogP contribution in [0.4, 0.5) is 0 Å². The highest BCUT2D eigenvalue weighted by Crippen LogP contribution is 2.22. The van der Waals surface area contributed by atoms with E-state index in [9.17, 15) is 0 Å². The van der Waals surface area contributed by atoms with E-state index in [4.69, 9.17) is 4.52 Å². The average Bonchev–Trinajstić information content (AvgIpc) is 3.17. The largest absolute Gasteiger partial charge is 0.335 e. The van der Waals surface area contributed by atoms with Gasteiger partial charge in [-0.05, 0) is 57.7 Å². The topological polar surface area (TPSA) is 55.9 Å². The first kappa shape index (κ1) is 19.9. The van der Waals surface area contributed by atoms with Crippen LogP contribution in [0.3, 0.4) is 0 Å². The highest BCUT2D eigenvalue weighted by atomic mass is 35.5. The third-order valence-corrected chi connectivity index (χ3v) is 4.36. The van der Waals surface area contributed by atoms with E-state index >= 15 is 0 Å². The molecular formula is C20H25ClN4O. The number of rotatable bonds is 6. The Morgan fingerprint density at radius 2 is 1.92 bits per heavy atom. The molecule has 2 aromatic heterocycles. The van der Waals surface area contributed by atoms with Gasteiger partial charge in [0.05, 0.1) is 0 Å². The standard InChI is InChI=1S/C20H24N4O.ClH/c1-14(21-4)12-19-22-20(25-23-19)11-10-17-13-15(2)24(16(17)3)18-8-6-5-7-9-18;/h5-11,13-14,21H,12H2,1-4H3;1H/b11-10+;. The number of halogens is 1. The third-order valence-electron chi connectivity index (χ3n) is 4.36. The summed E-state index contributed by atoms with van der Waals surface area (Å²) in [5.41, 5.74) is 4.68. The van der Waals surface area contributed by atoms with Crippen LogP contribution in [0.15, 0.2) is 40.9 Å². The lowest BCUT2D eigenvalue weighted by Crippen LogP contribution is -2.24. The maximum Gasteiger partial charge on any atom is 0.250 e. The van der Waals surface area contributed by atoms with Crippen LogP contribution >= 0.6 is 12.4 Å². The molecule has 1 unspecified atom stereocenters. The second-order valence-electron chi connectivity index (χ2n) is 6.27. The maximum atomic E-state index is 5.31. The van der Waals surface area contributed by atoms with Crippen LogP contribution in [-0.4, -0.2) is 27.8 Å². The van der Waals surface area contributed by atoms with E-state index in [0.717, 1.165) is 17.8 Å². The Morgan fingerprint density at radius 1 is 1.19 bits per heavy atom. The van der Waals surface area contributed by atoms with Gasteiger partial charge in [-0.25, -0.2) is 0 Å². The van der Waals surface area contributed by atoms with Crippen molar-refractivity contribution in [2.45, 2.75) is 33.2 Å². The molecule has 0 radical (unpaired) electrons. The second-order valence-corrected chi connectivity index (χ2v) is 6.27. The second kappa shape index (κ2) is 8.83. The summed E-state index contributed by atoms with van der Waals surface area (Å²) in [6.07, 6.45) is 4.65. The van der Waals surface area contributed by atoms with Gasteiger partial charge in [0.15, 0.2) is 5.82 Å². The van der Waals surface area contributed by atoms with Crippen LogP contribution in [0.5, 0.6) is 0 Å². The van der Waals surface area contributed by atoms with E-state index in [1.54, 1.807) is 0 Å². The Kier molecular flexibility index (Phi) is 6.77. The fraction of sp³-hybridized carbons (Fsp3) is 0.300. The van der Waals surface area contributed by atoms with Gasteiger partial charge >= 0.3 is 0 Å². The van der Waals surface area contributed by atoms with Crippen molar-refractivity contribution in [1.29, 1.82) is 0 Å². The molecule has 3 rings (SSSR count). The van der Waals surface area contributed by atoms with Gasteiger partial charge in [-0.2, -0.15) is 4.98 Å². The van der Waals surface area contributed by atoms with Crippen molar-refractivity contribution in [2.75, 3.05) is 7.05 Å². The van der Waals surface area contributed by atoms with Crippen molar-refractivity contribution in [1.82, 2.24) is 20.0 Å². The predicted octanol–water partition coefficient (Wildman–Crippen LogP) is 4.22. The van der Waals surface area contributed by atoms with Gasteiger partial charge in [-0.3, -0.25) is 0 Å². The fourth-order valence-corrected chi connectivity index (χ4v) is 2.89. The predicted molar refractivity (Wildman–Crippen MR) is 108 cm³/mol. The molecule has 6 heteroatoms. The monoisotopic (exact) mass is 372 g/mol. The molecule has 3 aromatic rings. The van der Waals surface area contributed by atoms with Crippen molar-refractivity contribution in [3.05, 3.63) is 65.1 Å². The Bertz CT molecular complexity index is 867. The van der Waals surface area contributed by atoms with Gasteiger partial charge in [-0.15, -0.1) is 12.4 Å². The summed E-state index contributed by atoms with van der Waals surface area (Å²) in [6, 6.07) is 12.8. The molecule has 0 aliphatic carbocycles. The summed E-state index contributed by atoms with van der Waals surface area (Å²) < 4.78 is 7.55. The molecule has 0 saturated carbocycles. The molecule has 1 N–H and O–H groups in total. The fourth-order valence-electron chi connectivity index (χ4n) is 2.89. The number of likely N-dealkylation sites (N-methyl/N-ethyl adjacent to an activating group) is 1. The molecule has 26 heavy (non-hydrogen) atoms. The lowest BCUT2D eigenvalue weighted by Gasteiger charge is -2.09. The average molecular weight is 373 g/mol. The molecule has 5 nitrogen and oxygen atoms in total. The van der Waals surface area contributed by atoms with Gasteiger partial charge in [0.1, 0.15) is 0 Å². The van der Waals surface area contributed by atoms with Crippen LogP contribution in [0.25, 0.3) is 17.8 Å². The SMILES string of the molecule is CNC(C)Cc1noc(/C=C/c2cc(C)n(-c3ccccc3)c2C)n1.Cl. The Labute approximate surface area is 160 Å². The summed E-state index contributed by atoms with van der Waals surface area (Å²) >= 11 is 0. The van der Waals surface area contributed by atoms with Gasteiger partial charge in [0.25, 0.3) is 5.89 Å². The zero-order chi connectivity index (χ0) is 17.8. The first-order valence-corrected chi connectivity index (χ1v) is 8.50. The van der Waals surface area contributed by atoms with E-state index in [1.807, 2.05) is 25.3 Å². The summed E-state index contributed by atoms with van der Waals surface area (Å²) in [7, 11) is 1.92. The third kappa shape index (κ3) is 4.42. The Hall–Kier alpha value is -2.37. The van der Waals surface area contributed by atoms with E-state index < -0.39 is 0 Å².